The Kier molecular flexibility index (Phi) is 5.94. The lowest BCUT2D eigenvalue weighted by Gasteiger charge is -2.19. The number of para-hydroxylation sites is 1. The van der Waals surface area contributed by atoms with E-state index in [1.807, 2.05) is 42.7 Å². The first kappa shape index (κ1) is 20.9. The van der Waals surface area contributed by atoms with Crippen LogP contribution in [0.4, 0.5) is 5.69 Å². The van der Waals surface area contributed by atoms with Gasteiger partial charge in [0.1, 0.15) is 11.5 Å². The van der Waals surface area contributed by atoms with Crippen molar-refractivity contribution >= 4 is 29.1 Å². The molecule has 1 aliphatic rings. The number of amides is 1. The highest BCUT2D eigenvalue weighted by atomic mass is 32.2. The highest BCUT2D eigenvalue weighted by Gasteiger charge is 2.24. The third-order valence-corrected chi connectivity index (χ3v) is 6.01. The number of hydrogen-bond donors (Lipinski definition) is 1. The molecule has 1 aliphatic heterocycles. The predicted molar refractivity (Wildman–Crippen MR) is 118 cm³/mol. The van der Waals surface area contributed by atoms with Crippen LogP contribution in [0.3, 0.4) is 0 Å². The fourth-order valence-corrected chi connectivity index (χ4v) is 4.36. The van der Waals surface area contributed by atoms with Gasteiger partial charge in [0, 0.05) is 12.1 Å². The third kappa shape index (κ3) is 4.13. The molecule has 2 aromatic carbocycles. The van der Waals surface area contributed by atoms with Gasteiger partial charge < -0.3 is 19.4 Å². The van der Waals surface area contributed by atoms with Gasteiger partial charge in [-0.25, -0.2) is 0 Å². The average molecular weight is 439 g/mol. The quantitative estimate of drug-likeness (QED) is 0.444. The molecule has 2 heterocycles. The molecular formula is C22H22N4O4S. The number of benzene rings is 2. The van der Waals surface area contributed by atoms with Crippen LogP contribution in [0.2, 0.25) is 0 Å². The first-order valence-corrected chi connectivity index (χ1v) is 10.7. The molecule has 0 spiro atoms. The molecule has 0 fully saturated rings. The molecule has 31 heavy (non-hydrogen) atoms. The largest absolute Gasteiger partial charge is 0.496 e. The molecule has 0 bridgehead atoms. The Bertz CT molecular complexity index is 1140. The number of ketones is 1. The van der Waals surface area contributed by atoms with Crippen molar-refractivity contribution in [3.63, 3.8) is 0 Å². The standard InChI is InChI=1S/C22H22N4O4S/c1-4-26-21(15-7-5-6-8-17(15)29-3)24-25-22(26)31-13(2)20(28)14-9-10-18-16(11-14)23-19(27)12-30-18/h5-11,13H,4,12H2,1-3H3,(H,23,27). The maximum Gasteiger partial charge on any atom is 0.262 e. The number of anilines is 1. The van der Waals surface area contributed by atoms with E-state index in [0.717, 1.165) is 5.56 Å². The van der Waals surface area contributed by atoms with Crippen LogP contribution in [0.15, 0.2) is 47.6 Å². The Morgan fingerprint density at radius 2 is 2.10 bits per heavy atom. The van der Waals surface area contributed by atoms with Gasteiger partial charge in [0.15, 0.2) is 23.4 Å². The Balaban J connectivity index is 1.57. The summed E-state index contributed by atoms with van der Waals surface area (Å²) in [6, 6.07) is 12.7. The van der Waals surface area contributed by atoms with Gasteiger partial charge in [-0.05, 0) is 44.2 Å². The van der Waals surface area contributed by atoms with Crippen LogP contribution in [0.25, 0.3) is 11.4 Å². The van der Waals surface area contributed by atoms with Crippen molar-refractivity contribution in [2.45, 2.75) is 30.8 Å². The molecular weight excluding hydrogens is 416 g/mol. The molecule has 4 rings (SSSR count). The number of carbonyl (C=O) groups excluding carboxylic acids is 2. The Hall–Kier alpha value is -3.33. The Morgan fingerprint density at radius 1 is 1.29 bits per heavy atom. The summed E-state index contributed by atoms with van der Waals surface area (Å²) < 4.78 is 12.8. The van der Waals surface area contributed by atoms with E-state index in [2.05, 4.69) is 15.5 Å². The SMILES string of the molecule is CCn1c(SC(C)C(=O)c2ccc3c(c2)NC(=O)CO3)nnc1-c1ccccc1OC. The fraction of sp³-hybridized carbons (Fsp3) is 0.273. The molecule has 0 saturated carbocycles. The summed E-state index contributed by atoms with van der Waals surface area (Å²) in [7, 11) is 1.62. The number of hydrogen-bond acceptors (Lipinski definition) is 7. The second-order valence-corrected chi connectivity index (χ2v) is 8.23. The normalized spacial score (nSPS) is 13.7. The van der Waals surface area contributed by atoms with Crippen LogP contribution < -0.4 is 14.8 Å². The van der Waals surface area contributed by atoms with Crippen LogP contribution in [-0.2, 0) is 11.3 Å². The lowest BCUT2D eigenvalue weighted by atomic mass is 10.1. The number of ether oxygens (including phenoxy) is 2. The first-order valence-electron chi connectivity index (χ1n) is 9.86. The highest BCUT2D eigenvalue weighted by molar-refractivity contribution is 8.00. The zero-order valence-corrected chi connectivity index (χ0v) is 18.2. The van der Waals surface area contributed by atoms with E-state index in [0.29, 0.717) is 40.3 Å². The van der Waals surface area contributed by atoms with Crippen LogP contribution in [0.1, 0.15) is 24.2 Å². The van der Waals surface area contributed by atoms with E-state index in [1.54, 1.807) is 25.3 Å². The zero-order valence-electron chi connectivity index (χ0n) is 17.4. The number of Topliss-reactive ketones (excluding diaryl/α,β-unsaturated/α-hetero) is 1. The Morgan fingerprint density at radius 3 is 2.87 bits per heavy atom. The summed E-state index contributed by atoms with van der Waals surface area (Å²) in [4.78, 5) is 24.6. The molecule has 0 radical (unpaired) electrons. The predicted octanol–water partition coefficient (Wildman–Crippen LogP) is 3.67. The lowest BCUT2D eigenvalue weighted by molar-refractivity contribution is -0.118. The van der Waals surface area contributed by atoms with Crippen molar-refractivity contribution in [3.05, 3.63) is 48.0 Å². The van der Waals surface area contributed by atoms with Crippen LogP contribution in [-0.4, -0.2) is 45.4 Å². The molecule has 1 N–H and O–H groups in total. The number of rotatable bonds is 7. The summed E-state index contributed by atoms with van der Waals surface area (Å²) in [6.07, 6.45) is 0. The van der Waals surface area contributed by atoms with Crippen molar-refractivity contribution in [3.8, 4) is 22.9 Å². The number of nitrogens with zero attached hydrogens (tertiary/aromatic N) is 3. The van der Waals surface area contributed by atoms with Crippen LogP contribution >= 0.6 is 11.8 Å². The van der Waals surface area contributed by atoms with Gasteiger partial charge in [0.2, 0.25) is 0 Å². The molecule has 1 amide bonds. The van der Waals surface area contributed by atoms with Gasteiger partial charge in [-0.1, -0.05) is 23.9 Å². The molecule has 1 unspecified atom stereocenters. The van der Waals surface area contributed by atoms with Crippen molar-refractivity contribution in [1.29, 1.82) is 0 Å². The smallest absolute Gasteiger partial charge is 0.262 e. The lowest BCUT2D eigenvalue weighted by Crippen LogP contribution is -2.25. The molecule has 1 atom stereocenters. The van der Waals surface area contributed by atoms with Crippen molar-refractivity contribution in [2.75, 3.05) is 19.0 Å². The summed E-state index contributed by atoms with van der Waals surface area (Å²) in [6.45, 7) is 4.46. The maximum absolute atomic E-state index is 13.0. The zero-order chi connectivity index (χ0) is 22.0. The van der Waals surface area contributed by atoms with Gasteiger partial charge in [0.25, 0.3) is 5.91 Å². The number of aromatic nitrogens is 3. The van der Waals surface area contributed by atoms with E-state index < -0.39 is 5.25 Å². The molecule has 9 heteroatoms. The summed E-state index contributed by atoms with van der Waals surface area (Å²) in [5.41, 5.74) is 1.85. The van der Waals surface area contributed by atoms with E-state index in [1.165, 1.54) is 11.8 Å². The number of carbonyl (C=O) groups is 2. The highest BCUT2D eigenvalue weighted by Crippen LogP contribution is 2.34. The second kappa shape index (κ2) is 8.81. The molecule has 160 valence electrons. The number of fused-ring (bicyclic) bond motifs is 1. The molecule has 8 nitrogen and oxygen atoms in total. The monoisotopic (exact) mass is 438 g/mol. The summed E-state index contributed by atoms with van der Waals surface area (Å²) in [5.74, 6) is 1.65. The van der Waals surface area contributed by atoms with E-state index in [4.69, 9.17) is 9.47 Å². The first-order chi connectivity index (χ1) is 15.0. The number of methoxy groups -OCH3 is 1. The summed E-state index contributed by atoms with van der Waals surface area (Å²) >= 11 is 1.35. The third-order valence-electron chi connectivity index (χ3n) is 4.93. The number of nitrogens with one attached hydrogen (secondary N) is 1. The van der Waals surface area contributed by atoms with E-state index >= 15 is 0 Å². The van der Waals surface area contributed by atoms with Crippen molar-refractivity contribution < 1.29 is 19.1 Å². The van der Waals surface area contributed by atoms with Gasteiger partial charge in [0.05, 0.1) is 23.6 Å². The Labute approximate surface area is 184 Å². The average Bonchev–Trinajstić information content (AvgIpc) is 3.20. The number of thioether (sulfide) groups is 1. The van der Waals surface area contributed by atoms with Gasteiger partial charge in [-0.2, -0.15) is 0 Å². The van der Waals surface area contributed by atoms with Gasteiger partial charge >= 0.3 is 0 Å². The fourth-order valence-electron chi connectivity index (χ4n) is 3.37. The van der Waals surface area contributed by atoms with Crippen LogP contribution in [0, 0.1) is 0 Å². The molecule has 3 aromatic rings. The minimum Gasteiger partial charge on any atom is -0.496 e. The van der Waals surface area contributed by atoms with Crippen molar-refractivity contribution in [2.24, 2.45) is 0 Å². The topological polar surface area (TPSA) is 95.3 Å². The second-order valence-electron chi connectivity index (χ2n) is 6.92. The van der Waals surface area contributed by atoms with E-state index in [9.17, 15) is 9.59 Å². The molecule has 0 aliphatic carbocycles. The summed E-state index contributed by atoms with van der Waals surface area (Å²) in [5, 5.41) is 11.7. The van der Waals surface area contributed by atoms with E-state index in [-0.39, 0.29) is 18.3 Å². The van der Waals surface area contributed by atoms with Crippen LogP contribution in [0.5, 0.6) is 11.5 Å². The molecule has 1 aromatic heterocycles. The van der Waals surface area contributed by atoms with Gasteiger partial charge in [-0.15, -0.1) is 10.2 Å². The molecule has 0 saturated heterocycles. The maximum atomic E-state index is 13.0. The van der Waals surface area contributed by atoms with Gasteiger partial charge in [-0.3, -0.25) is 9.59 Å². The minimum atomic E-state index is -0.404. The van der Waals surface area contributed by atoms with Crippen molar-refractivity contribution in [1.82, 2.24) is 14.8 Å². The minimum absolute atomic E-state index is 0.0201.